The third-order valence-electron chi connectivity index (χ3n) is 3.40. The smallest absolute Gasteiger partial charge is 0.141 e. The summed E-state index contributed by atoms with van der Waals surface area (Å²) in [5.41, 5.74) is 1.49. The highest BCUT2D eigenvalue weighted by molar-refractivity contribution is 6.30. The molecule has 0 aliphatic rings. The molecule has 0 spiro atoms. The Labute approximate surface area is 130 Å². The molecular weight excluding hydrogens is 286 g/mol. The Morgan fingerprint density at radius 2 is 1.81 bits per heavy atom. The van der Waals surface area contributed by atoms with Gasteiger partial charge in [-0.2, -0.15) is 0 Å². The summed E-state index contributed by atoms with van der Waals surface area (Å²) in [5, 5.41) is 13.9. The van der Waals surface area contributed by atoms with Crippen LogP contribution < -0.4 is 10.1 Å². The van der Waals surface area contributed by atoms with Crippen molar-refractivity contribution in [2.75, 3.05) is 19.0 Å². The van der Waals surface area contributed by atoms with Crippen LogP contribution >= 0.6 is 11.6 Å². The van der Waals surface area contributed by atoms with Gasteiger partial charge in [0.25, 0.3) is 0 Å². The Bertz CT molecular complexity index is 586. The van der Waals surface area contributed by atoms with Crippen LogP contribution in [0.1, 0.15) is 12.5 Å². The van der Waals surface area contributed by atoms with E-state index in [1.165, 1.54) is 0 Å². The Balaban J connectivity index is 2.18. The highest BCUT2D eigenvalue weighted by atomic mass is 35.5. The van der Waals surface area contributed by atoms with E-state index in [2.05, 4.69) is 5.32 Å². The quantitative estimate of drug-likeness (QED) is 0.854. The molecule has 0 fully saturated rings. The summed E-state index contributed by atoms with van der Waals surface area (Å²) in [6.07, 6.45) is 0.679. The fraction of sp³-hybridized carbons (Fsp3) is 0.294. The SMILES string of the molecule is COc1ccccc1NC(C)(CO)Cc1ccc(Cl)cc1. The lowest BCUT2D eigenvalue weighted by Crippen LogP contribution is -2.41. The summed E-state index contributed by atoms with van der Waals surface area (Å²) in [4.78, 5) is 0. The number of aliphatic hydroxyl groups is 1. The number of methoxy groups -OCH3 is 1. The van der Waals surface area contributed by atoms with Gasteiger partial charge < -0.3 is 15.2 Å². The number of para-hydroxylation sites is 2. The van der Waals surface area contributed by atoms with Crippen molar-refractivity contribution >= 4 is 17.3 Å². The highest BCUT2D eigenvalue weighted by Crippen LogP contribution is 2.28. The van der Waals surface area contributed by atoms with E-state index in [1.54, 1.807) is 7.11 Å². The lowest BCUT2D eigenvalue weighted by molar-refractivity contribution is 0.221. The largest absolute Gasteiger partial charge is 0.495 e. The van der Waals surface area contributed by atoms with Crippen molar-refractivity contribution in [1.82, 2.24) is 0 Å². The van der Waals surface area contributed by atoms with E-state index >= 15 is 0 Å². The molecule has 3 nitrogen and oxygen atoms in total. The summed E-state index contributed by atoms with van der Waals surface area (Å²) < 4.78 is 5.34. The first-order chi connectivity index (χ1) is 10.1. The summed E-state index contributed by atoms with van der Waals surface area (Å²) in [6, 6.07) is 15.3. The monoisotopic (exact) mass is 305 g/mol. The predicted molar refractivity (Wildman–Crippen MR) is 87.3 cm³/mol. The standard InChI is InChI=1S/C17H20ClNO2/c1-17(12-20,11-13-7-9-14(18)10-8-13)19-15-5-3-4-6-16(15)21-2/h3-10,19-20H,11-12H2,1-2H3. The second-order valence-electron chi connectivity index (χ2n) is 5.35. The maximum Gasteiger partial charge on any atom is 0.141 e. The number of hydrogen-bond donors (Lipinski definition) is 2. The first kappa shape index (κ1) is 15.7. The fourth-order valence-electron chi connectivity index (χ4n) is 2.27. The van der Waals surface area contributed by atoms with E-state index in [0.29, 0.717) is 11.4 Å². The highest BCUT2D eigenvalue weighted by Gasteiger charge is 2.24. The van der Waals surface area contributed by atoms with Crippen LogP contribution in [0.2, 0.25) is 5.02 Å². The molecule has 0 aromatic heterocycles. The van der Waals surface area contributed by atoms with Gasteiger partial charge in [-0.3, -0.25) is 0 Å². The van der Waals surface area contributed by atoms with Gasteiger partial charge in [-0.05, 0) is 43.2 Å². The van der Waals surface area contributed by atoms with Crippen LogP contribution in [0.25, 0.3) is 0 Å². The molecule has 2 N–H and O–H groups in total. The van der Waals surface area contributed by atoms with Crippen LogP contribution in [0.3, 0.4) is 0 Å². The van der Waals surface area contributed by atoms with Crippen molar-refractivity contribution < 1.29 is 9.84 Å². The normalized spacial score (nSPS) is 13.5. The van der Waals surface area contributed by atoms with Gasteiger partial charge in [0, 0.05) is 5.02 Å². The average molecular weight is 306 g/mol. The lowest BCUT2D eigenvalue weighted by atomic mass is 9.93. The molecule has 0 saturated heterocycles. The summed E-state index contributed by atoms with van der Waals surface area (Å²) in [5.74, 6) is 0.758. The zero-order chi connectivity index (χ0) is 15.3. The minimum absolute atomic E-state index is 0.00761. The van der Waals surface area contributed by atoms with Gasteiger partial charge in [-0.1, -0.05) is 35.9 Å². The van der Waals surface area contributed by atoms with E-state index in [1.807, 2.05) is 55.5 Å². The van der Waals surface area contributed by atoms with Crippen molar-refractivity contribution in [3.63, 3.8) is 0 Å². The predicted octanol–water partition coefficient (Wildman–Crippen LogP) is 3.75. The first-order valence-electron chi connectivity index (χ1n) is 6.83. The summed E-state index contributed by atoms with van der Waals surface area (Å²) in [7, 11) is 1.63. The van der Waals surface area contributed by atoms with Gasteiger partial charge in [0.2, 0.25) is 0 Å². The fourth-order valence-corrected chi connectivity index (χ4v) is 2.39. The Hall–Kier alpha value is -1.71. The van der Waals surface area contributed by atoms with Crippen LogP contribution in [0.15, 0.2) is 48.5 Å². The minimum Gasteiger partial charge on any atom is -0.495 e. The van der Waals surface area contributed by atoms with Crippen LogP contribution in [-0.4, -0.2) is 24.4 Å². The molecule has 1 unspecified atom stereocenters. The van der Waals surface area contributed by atoms with Gasteiger partial charge in [0.1, 0.15) is 5.75 Å². The second kappa shape index (κ2) is 6.83. The molecule has 2 aromatic carbocycles. The van der Waals surface area contributed by atoms with E-state index in [0.717, 1.165) is 17.0 Å². The van der Waals surface area contributed by atoms with Gasteiger partial charge in [-0.15, -0.1) is 0 Å². The zero-order valence-corrected chi connectivity index (χ0v) is 13.0. The number of anilines is 1. The van der Waals surface area contributed by atoms with Crippen molar-refractivity contribution in [3.8, 4) is 5.75 Å². The third-order valence-corrected chi connectivity index (χ3v) is 3.65. The Morgan fingerprint density at radius 3 is 2.43 bits per heavy atom. The third kappa shape index (κ3) is 4.13. The van der Waals surface area contributed by atoms with Gasteiger partial charge in [0.05, 0.1) is 24.9 Å². The number of rotatable bonds is 6. The molecule has 21 heavy (non-hydrogen) atoms. The van der Waals surface area contributed by atoms with Gasteiger partial charge in [-0.25, -0.2) is 0 Å². The molecule has 0 saturated carbocycles. The van der Waals surface area contributed by atoms with Crippen LogP contribution in [-0.2, 0) is 6.42 Å². The number of halogens is 1. The number of benzene rings is 2. The number of aliphatic hydroxyl groups excluding tert-OH is 1. The van der Waals surface area contributed by atoms with Gasteiger partial charge >= 0.3 is 0 Å². The average Bonchev–Trinajstić information content (AvgIpc) is 2.50. The maximum absolute atomic E-state index is 9.80. The molecule has 0 aliphatic heterocycles. The van der Waals surface area contributed by atoms with Crippen molar-refractivity contribution in [3.05, 3.63) is 59.1 Å². The number of hydrogen-bond acceptors (Lipinski definition) is 3. The molecule has 2 rings (SSSR count). The summed E-state index contributed by atoms with van der Waals surface area (Å²) >= 11 is 5.90. The molecule has 0 heterocycles. The van der Waals surface area contributed by atoms with Gasteiger partial charge in [0.15, 0.2) is 0 Å². The topological polar surface area (TPSA) is 41.5 Å². The van der Waals surface area contributed by atoms with Crippen molar-refractivity contribution in [2.45, 2.75) is 18.9 Å². The maximum atomic E-state index is 9.80. The van der Waals surface area contributed by atoms with Crippen LogP contribution in [0, 0.1) is 0 Å². The first-order valence-corrected chi connectivity index (χ1v) is 7.20. The molecule has 0 bridgehead atoms. The van der Waals surface area contributed by atoms with Crippen LogP contribution in [0.5, 0.6) is 5.75 Å². The molecule has 0 radical (unpaired) electrons. The van der Waals surface area contributed by atoms with Crippen molar-refractivity contribution in [2.24, 2.45) is 0 Å². The number of nitrogens with one attached hydrogen (secondary N) is 1. The minimum atomic E-state index is -0.484. The van der Waals surface area contributed by atoms with E-state index < -0.39 is 5.54 Å². The zero-order valence-electron chi connectivity index (χ0n) is 12.3. The molecule has 4 heteroatoms. The summed E-state index contributed by atoms with van der Waals surface area (Å²) in [6.45, 7) is 1.99. The molecule has 0 aliphatic carbocycles. The molecule has 112 valence electrons. The van der Waals surface area contributed by atoms with E-state index in [-0.39, 0.29) is 6.61 Å². The molecule has 0 amide bonds. The Morgan fingerprint density at radius 1 is 1.14 bits per heavy atom. The molecule has 2 aromatic rings. The van der Waals surface area contributed by atoms with E-state index in [4.69, 9.17) is 16.3 Å². The molecular formula is C17H20ClNO2. The second-order valence-corrected chi connectivity index (χ2v) is 5.78. The molecule has 1 atom stereocenters. The number of ether oxygens (including phenoxy) is 1. The Kier molecular flexibility index (Phi) is 5.10. The lowest BCUT2D eigenvalue weighted by Gasteiger charge is -2.31. The van der Waals surface area contributed by atoms with Crippen molar-refractivity contribution in [1.29, 1.82) is 0 Å². The van der Waals surface area contributed by atoms with E-state index in [9.17, 15) is 5.11 Å². The van der Waals surface area contributed by atoms with Crippen LogP contribution in [0.4, 0.5) is 5.69 Å².